The van der Waals surface area contributed by atoms with Gasteiger partial charge in [0.05, 0.1) is 0 Å². The van der Waals surface area contributed by atoms with Crippen molar-refractivity contribution in [2.45, 2.75) is 44.8 Å². The molecular formula is C21H26F2N4O2. The summed E-state index contributed by atoms with van der Waals surface area (Å²) in [5, 5.41) is 10.6. The molecule has 0 amide bonds. The highest BCUT2D eigenvalue weighted by Gasteiger charge is 2.31. The van der Waals surface area contributed by atoms with Gasteiger partial charge in [0.15, 0.2) is 0 Å². The van der Waals surface area contributed by atoms with Crippen LogP contribution in [0.4, 0.5) is 20.5 Å². The molecule has 6 nitrogen and oxygen atoms in total. The Hall–Kier alpha value is -2.48. The number of β-amino-alcohol motifs (C(OH)–C–C–N with tert-alkyl or cyclic N) is 1. The van der Waals surface area contributed by atoms with E-state index in [-0.39, 0.29) is 5.75 Å². The summed E-state index contributed by atoms with van der Waals surface area (Å²) < 4.78 is 32.4. The summed E-state index contributed by atoms with van der Waals surface area (Å²) in [5.41, 5.74) is 0.972. The predicted octanol–water partition coefficient (Wildman–Crippen LogP) is 2.94. The Morgan fingerprint density at radius 1 is 1.03 bits per heavy atom. The zero-order valence-corrected chi connectivity index (χ0v) is 16.5. The van der Waals surface area contributed by atoms with Crippen LogP contribution >= 0.6 is 0 Å². The van der Waals surface area contributed by atoms with E-state index >= 15 is 0 Å². The van der Waals surface area contributed by atoms with Crippen molar-refractivity contribution in [1.29, 1.82) is 0 Å². The Morgan fingerprint density at radius 2 is 1.76 bits per heavy atom. The number of ether oxygens (including phenoxy) is 1. The van der Waals surface area contributed by atoms with E-state index < -0.39 is 23.8 Å². The fourth-order valence-corrected chi connectivity index (χ4v) is 3.90. The molecule has 3 heterocycles. The van der Waals surface area contributed by atoms with Gasteiger partial charge in [-0.05, 0) is 19.3 Å². The summed E-state index contributed by atoms with van der Waals surface area (Å²) in [6.45, 7) is 4.96. The number of aliphatic hydroxyl groups excluding tert-OH is 1. The number of aromatic nitrogens is 2. The van der Waals surface area contributed by atoms with Crippen LogP contribution in [-0.4, -0.2) is 53.5 Å². The maximum absolute atomic E-state index is 13.4. The molecule has 29 heavy (non-hydrogen) atoms. The van der Waals surface area contributed by atoms with Gasteiger partial charge in [0.2, 0.25) is 5.95 Å². The highest BCUT2D eigenvalue weighted by molar-refractivity contribution is 5.47. The maximum Gasteiger partial charge on any atom is 0.227 e. The topological polar surface area (TPSA) is 61.7 Å². The van der Waals surface area contributed by atoms with E-state index in [1.165, 1.54) is 0 Å². The Morgan fingerprint density at radius 3 is 2.41 bits per heavy atom. The fraction of sp³-hybridized carbons (Fsp3) is 0.524. The largest absolute Gasteiger partial charge is 0.487 e. The van der Waals surface area contributed by atoms with Gasteiger partial charge >= 0.3 is 0 Å². The van der Waals surface area contributed by atoms with Crippen LogP contribution in [-0.2, 0) is 6.42 Å². The van der Waals surface area contributed by atoms with Crippen LogP contribution in [0.2, 0.25) is 0 Å². The third kappa shape index (κ3) is 4.58. The molecule has 8 heteroatoms. The summed E-state index contributed by atoms with van der Waals surface area (Å²) in [7, 11) is 0. The normalized spacial score (nSPS) is 22.2. The van der Waals surface area contributed by atoms with Crippen LogP contribution in [0, 0.1) is 11.6 Å². The van der Waals surface area contributed by atoms with Crippen molar-refractivity contribution in [2.75, 3.05) is 36.0 Å². The third-order valence-electron chi connectivity index (χ3n) is 5.47. The number of hydrogen-bond donors (Lipinski definition) is 1. The van der Waals surface area contributed by atoms with Crippen LogP contribution < -0.4 is 14.5 Å². The maximum atomic E-state index is 13.4. The van der Waals surface area contributed by atoms with Gasteiger partial charge in [-0.2, -0.15) is 4.98 Å². The number of anilines is 2. The van der Waals surface area contributed by atoms with Gasteiger partial charge in [-0.25, -0.2) is 13.8 Å². The molecule has 2 fully saturated rings. The van der Waals surface area contributed by atoms with E-state index in [0.29, 0.717) is 19.5 Å². The van der Waals surface area contributed by atoms with E-state index in [0.717, 1.165) is 68.0 Å². The van der Waals surface area contributed by atoms with E-state index in [2.05, 4.69) is 16.8 Å². The average Bonchev–Trinajstić information content (AvgIpc) is 3.23. The van der Waals surface area contributed by atoms with Crippen LogP contribution in [0.25, 0.3) is 0 Å². The molecule has 0 spiro atoms. The van der Waals surface area contributed by atoms with Crippen molar-refractivity contribution >= 4 is 11.8 Å². The number of halogens is 2. The molecule has 2 atom stereocenters. The first kappa shape index (κ1) is 19.8. The lowest BCUT2D eigenvalue weighted by Crippen LogP contribution is -2.49. The lowest BCUT2D eigenvalue weighted by molar-refractivity contribution is 0.0237. The highest BCUT2D eigenvalue weighted by atomic mass is 19.1. The van der Waals surface area contributed by atoms with Gasteiger partial charge in [0, 0.05) is 62.6 Å². The lowest BCUT2D eigenvalue weighted by atomic mass is 10.0. The van der Waals surface area contributed by atoms with Crippen LogP contribution in [0.15, 0.2) is 24.3 Å². The minimum Gasteiger partial charge on any atom is -0.487 e. The molecule has 0 bridgehead atoms. The number of hydrogen-bond acceptors (Lipinski definition) is 6. The van der Waals surface area contributed by atoms with Gasteiger partial charge in [-0.3, -0.25) is 0 Å². The Labute approximate surface area is 169 Å². The molecule has 1 aromatic heterocycles. The zero-order valence-electron chi connectivity index (χ0n) is 16.5. The molecule has 2 aromatic rings. The standard InChI is InChI=1S/C21H26F2N4O2/c1-2-16-12-20(25-21(24-16)26-6-3-4-7-26)27-8-5-19(18(28)13-27)29-17-10-14(22)9-15(23)11-17/h9-12,18-19,28H,2-8,13H2,1H3/t18-,19-/m1/s1. The second kappa shape index (κ2) is 8.49. The summed E-state index contributed by atoms with van der Waals surface area (Å²) in [6.07, 6.45) is 2.30. The van der Waals surface area contributed by atoms with Crippen molar-refractivity contribution in [3.8, 4) is 5.75 Å². The highest BCUT2D eigenvalue weighted by Crippen LogP contribution is 2.26. The first-order chi connectivity index (χ1) is 14.0. The summed E-state index contributed by atoms with van der Waals surface area (Å²) in [6, 6.07) is 5.02. The fourth-order valence-electron chi connectivity index (χ4n) is 3.90. The molecular weight excluding hydrogens is 378 g/mol. The van der Waals surface area contributed by atoms with Crippen molar-refractivity contribution < 1.29 is 18.6 Å². The molecule has 4 rings (SSSR count). The van der Waals surface area contributed by atoms with Crippen LogP contribution in [0.1, 0.15) is 31.9 Å². The van der Waals surface area contributed by atoms with Crippen molar-refractivity contribution in [1.82, 2.24) is 9.97 Å². The van der Waals surface area contributed by atoms with Gasteiger partial charge in [-0.1, -0.05) is 6.92 Å². The second-order valence-electron chi connectivity index (χ2n) is 7.63. The summed E-state index contributed by atoms with van der Waals surface area (Å²) >= 11 is 0. The second-order valence-corrected chi connectivity index (χ2v) is 7.63. The van der Waals surface area contributed by atoms with E-state index in [9.17, 15) is 13.9 Å². The van der Waals surface area contributed by atoms with Crippen molar-refractivity contribution in [2.24, 2.45) is 0 Å². The monoisotopic (exact) mass is 404 g/mol. The molecule has 0 radical (unpaired) electrons. The molecule has 0 saturated carbocycles. The number of rotatable bonds is 5. The summed E-state index contributed by atoms with van der Waals surface area (Å²) in [5.74, 6) is 0.239. The van der Waals surface area contributed by atoms with Gasteiger partial charge in [-0.15, -0.1) is 0 Å². The molecule has 2 aliphatic rings. The lowest BCUT2D eigenvalue weighted by Gasteiger charge is -2.37. The van der Waals surface area contributed by atoms with Crippen LogP contribution in [0.5, 0.6) is 5.75 Å². The van der Waals surface area contributed by atoms with Crippen LogP contribution in [0.3, 0.4) is 0 Å². The third-order valence-corrected chi connectivity index (χ3v) is 5.47. The smallest absolute Gasteiger partial charge is 0.227 e. The minimum absolute atomic E-state index is 0.0895. The predicted molar refractivity (Wildman–Crippen MR) is 106 cm³/mol. The van der Waals surface area contributed by atoms with E-state index in [4.69, 9.17) is 9.72 Å². The molecule has 2 saturated heterocycles. The van der Waals surface area contributed by atoms with Gasteiger partial charge < -0.3 is 19.6 Å². The number of benzene rings is 1. The number of aryl methyl sites for hydroxylation is 1. The number of nitrogens with zero attached hydrogens (tertiary/aromatic N) is 4. The first-order valence-electron chi connectivity index (χ1n) is 10.2. The molecule has 156 valence electrons. The Balaban J connectivity index is 1.47. The van der Waals surface area contributed by atoms with E-state index in [1.807, 2.05) is 11.0 Å². The van der Waals surface area contributed by atoms with Gasteiger partial charge in [0.25, 0.3) is 0 Å². The molecule has 0 unspecified atom stereocenters. The van der Waals surface area contributed by atoms with Crippen molar-refractivity contribution in [3.05, 3.63) is 41.6 Å². The average molecular weight is 404 g/mol. The van der Waals surface area contributed by atoms with Crippen molar-refractivity contribution in [3.63, 3.8) is 0 Å². The Kier molecular flexibility index (Phi) is 5.80. The summed E-state index contributed by atoms with van der Waals surface area (Å²) in [4.78, 5) is 13.6. The molecule has 0 aliphatic carbocycles. The van der Waals surface area contributed by atoms with Gasteiger partial charge in [0.1, 0.15) is 35.4 Å². The first-order valence-corrected chi connectivity index (χ1v) is 10.2. The molecule has 1 N–H and O–H groups in total. The number of piperidine rings is 1. The molecule has 2 aliphatic heterocycles. The number of aliphatic hydroxyl groups is 1. The van der Waals surface area contributed by atoms with E-state index in [1.54, 1.807) is 0 Å². The quantitative estimate of drug-likeness (QED) is 0.827. The zero-order chi connectivity index (χ0) is 20.4. The Bertz CT molecular complexity index is 840. The minimum atomic E-state index is -0.801. The molecule has 1 aromatic carbocycles. The SMILES string of the molecule is CCc1cc(N2CC[C@@H](Oc3cc(F)cc(F)c3)[C@H](O)C2)nc(N2CCCC2)n1.